The molecular weight excluding hydrogens is 384 g/mol. The van der Waals surface area contributed by atoms with Crippen LogP contribution in [0.15, 0.2) is 0 Å². The molecule has 6 rings (SSSR count). The van der Waals surface area contributed by atoms with E-state index in [9.17, 15) is 24.9 Å². The Morgan fingerprint density at radius 2 is 1.83 bits per heavy atom. The van der Waals surface area contributed by atoms with Gasteiger partial charge in [0, 0.05) is 11.8 Å². The topological polar surface area (TPSA) is 132 Å². The van der Waals surface area contributed by atoms with Crippen molar-refractivity contribution in [1.29, 1.82) is 0 Å². The second kappa shape index (κ2) is 4.65. The van der Waals surface area contributed by atoms with E-state index in [0.717, 1.165) is 0 Å². The zero-order valence-corrected chi connectivity index (χ0v) is 16.7. The summed E-state index contributed by atoms with van der Waals surface area (Å²) in [7, 11) is 0. The lowest BCUT2D eigenvalue weighted by Gasteiger charge is -2.46. The first-order valence-corrected chi connectivity index (χ1v) is 10.2. The summed E-state index contributed by atoms with van der Waals surface area (Å²) >= 11 is 0. The number of aliphatic hydroxyl groups is 3. The molecule has 2 aliphatic carbocycles. The number of aliphatic hydroxyl groups excluding tert-OH is 2. The lowest BCUT2D eigenvalue weighted by Crippen LogP contribution is -2.66. The van der Waals surface area contributed by atoms with Crippen molar-refractivity contribution >= 4 is 11.9 Å². The molecule has 9 nitrogen and oxygen atoms in total. The summed E-state index contributed by atoms with van der Waals surface area (Å²) in [6.07, 6.45) is -5.70. The van der Waals surface area contributed by atoms with E-state index in [1.807, 2.05) is 20.8 Å². The van der Waals surface area contributed by atoms with Crippen LogP contribution in [0, 0.1) is 28.1 Å². The zero-order chi connectivity index (χ0) is 20.9. The van der Waals surface area contributed by atoms with E-state index >= 15 is 0 Å². The molecular formula is C20H26O9. The summed E-state index contributed by atoms with van der Waals surface area (Å²) in [5.41, 5.74) is -6.97. The summed E-state index contributed by atoms with van der Waals surface area (Å²) in [5.74, 6) is -2.77. The fourth-order valence-electron chi connectivity index (χ4n) is 8.32. The lowest BCUT2D eigenvalue weighted by atomic mass is 9.51. The van der Waals surface area contributed by atoms with Gasteiger partial charge in [-0.05, 0) is 11.8 Å². The Morgan fingerprint density at radius 1 is 1.14 bits per heavy atom. The number of esters is 2. The van der Waals surface area contributed by atoms with Crippen molar-refractivity contribution < 1.29 is 43.9 Å². The van der Waals surface area contributed by atoms with Gasteiger partial charge in [0.25, 0.3) is 0 Å². The highest BCUT2D eigenvalue weighted by Crippen LogP contribution is 2.84. The van der Waals surface area contributed by atoms with Crippen LogP contribution in [0.4, 0.5) is 0 Å². The highest BCUT2D eigenvalue weighted by atomic mass is 16.8. The SMILES string of the molecule is C[C@@H]1COC2CC34C5OC(=O)[C@]3(O[C@@H]3OC(=O)[C@H](O)C34[C@H](C(C)(C)C)[C@H]5O)[C@]21O. The molecule has 4 saturated heterocycles. The Morgan fingerprint density at radius 3 is 2.48 bits per heavy atom. The predicted octanol–water partition coefficient (Wildman–Crippen LogP) is -0.896. The molecule has 11 atom stereocenters. The van der Waals surface area contributed by atoms with Crippen molar-refractivity contribution in [3.8, 4) is 0 Å². The van der Waals surface area contributed by atoms with E-state index in [0.29, 0.717) is 0 Å². The van der Waals surface area contributed by atoms with Gasteiger partial charge in [0.2, 0.25) is 11.9 Å². The zero-order valence-electron chi connectivity index (χ0n) is 16.7. The van der Waals surface area contributed by atoms with E-state index in [2.05, 4.69) is 0 Å². The van der Waals surface area contributed by atoms with Crippen LogP contribution in [-0.4, -0.2) is 75.8 Å². The maximum atomic E-state index is 13.4. The highest BCUT2D eigenvalue weighted by molar-refractivity contribution is 5.91. The third-order valence-corrected chi connectivity index (χ3v) is 8.94. The molecule has 2 spiro atoms. The number of carbonyl (C=O) groups excluding carboxylic acids is 2. The van der Waals surface area contributed by atoms with Gasteiger partial charge in [-0.25, -0.2) is 9.59 Å². The molecule has 0 aromatic heterocycles. The monoisotopic (exact) mass is 410 g/mol. The van der Waals surface area contributed by atoms with Gasteiger partial charge in [0.1, 0.15) is 11.7 Å². The molecule has 9 heteroatoms. The Labute approximate surface area is 167 Å². The Balaban J connectivity index is 1.71. The van der Waals surface area contributed by atoms with E-state index in [4.69, 9.17) is 18.9 Å². The largest absolute Gasteiger partial charge is 0.457 e. The number of carbonyl (C=O) groups is 2. The van der Waals surface area contributed by atoms with Crippen LogP contribution < -0.4 is 0 Å². The minimum atomic E-state index is -1.88. The van der Waals surface area contributed by atoms with E-state index in [1.54, 1.807) is 6.92 Å². The quantitative estimate of drug-likeness (QED) is 0.435. The van der Waals surface area contributed by atoms with Gasteiger partial charge < -0.3 is 34.3 Å². The minimum absolute atomic E-state index is 0.123. The average Bonchev–Trinajstić information content (AvgIpc) is 3.31. The number of rotatable bonds is 0. The smallest absolute Gasteiger partial charge is 0.342 e. The van der Waals surface area contributed by atoms with Crippen molar-refractivity contribution in [2.24, 2.45) is 28.1 Å². The van der Waals surface area contributed by atoms with Crippen LogP contribution in [0.3, 0.4) is 0 Å². The second-order valence-corrected chi connectivity index (χ2v) is 10.8. The molecule has 29 heavy (non-hydrogen) atoms. The standard InChI is InChI=1S/C20H26O9/c1-7-6-26-8-5-17-12-9(21)10(16(2,3)4)18(17)11(22)13(23)28-15(18)29-20(17,14(24)27-12)19(7,8)25/h7-12,15,21-22,25H,5-6H2,1-4H3/t7-,8?,9-,10+,11+,12?,15+,17?,18?,19-,20-/m1/s1. The molecule has 2 saturated carbocycles. The maximum Gasteiger partial charge on any atom is 0.342 e. The minimum Gasteiger partial charge on any atom is -0.457 e. The fourth-order valence-corrected chi connectivity index (χ4v) is 8.32. The predicted molar refractivity (Wildman–Crippen MR) is 91.9 cm³/mol. The first-order valence-electron chi connectivity index (χ1n) is 10.2. The molecule has 0 aromatic rings. The summed E-state index contributed by atoms with van der Waals surface area (Å²) in [6, 6.07) is 0. The second-order valence-electron chi connectivity index (χ2n) is 10.8. The molecule has 3 N–H and O–H groups in total. The van der Waals surface area contributed by atoms with Crippen molar-refractivity contribution in [3.05, 3.63) is 0 Å². The highest BCUT2D eigenvalue weighted by Gasteiger charge is 3.01. The van der Waals surface area contributed by atoms with Gasteiger partial charge >= 0.3 is 11.9 Å². The van der Waals surface area contributed by atoms with Crippen molar-refractivity contribution in [2.75, 3.05) is 6.61 Å². The number of hydrogen-bond acceptors (Lipinski definition) is 9. The normalized spacial score (nSPS) is 62.0. The summed E-state index contributed by atoms with van der Waals surface area (Å²) < 4.78 is 23.3. The fraction of sp³-hybridized carbons (Fsp3) is 0.900. The van der Waals surface area contributed by atoms with Gasteiger partial charge in [-0.2, -0.15) is 0 Å². The van der Waals surface area contributed by atoms with Crippen LogP contribution in [0.25, 0.3) is 0 Å². The molecule has 160 valence electrons. The van der Waals surface area contributed by atoms with Crippen molar-refractivity contribution in [3.63, 3.8) is 0 Å². The Kier molecular flexibility index (Phi) is 2.97. The maximum absolute atomic E-state index is 13.4. The van der Waals surface area contributed by atoms with Crippen molar-refractivity contribution in [2.45, 2.75) is 76.0 Å². The molecule has 4 aliphatic heterocycles. The van der Waals surface area contributed by atoms with E-state index in [-0.39, 0.29) is 13.0 Å². The van der Waals surface area contributed by atoms with E-state index < -0.39 is 81.9 Å². The molecule has 0 bridgehead atoms. The van der Waals surface area contributed by atoms with Gasteiger partial charge in [-0.15, -0.1) is 0 Å². The number of hydrogen-bond donors (Lipinski definition) is 3. The number of ether oxygens (including phenoxy) is 4. The lowest BCUT2D eigenvalue weighted by molar-refractivity contribution is -0.239. The molecule has 0 radical (unpaired) electrons. The molecule has 0 amide bonds. The van der Waals surface area contributed by atoms with Crippen LogP contribution in [0.2, 0.25) is 0 Å². The van der Waals surface area contributed by atoms with Crippen LogP contribution in [0.5, 0.6) is 0 Å². The molecule has 6 aliphatic rings. The van der Waals surface area contributed by atoms with Crippen LogP contribution >= 0.6 is 0 Å². The summed E-state index contributed by atoms with van der Waals surface area (Å²) in [6.45, 7) is 7.70. The third kappa shape index (κ3) is 1.38. The third-order valence-electron chi connectivity index (χ3n) is 8.94. The summed E-state index contributed by atoms with van der Waals surface area (Å²) in [5, 5.41) is 34.5. The molecule has 0 aromatic carbocycles. The van der Waals surface area contributed by atoms with Crippen LogP contribution in [0.1, 0.15) is 34.1 Å². The first kappa shape index (κ1) is 18.5. The molecule has 4 heterocycles. The summed E-state index contributed by atoms with van der Waals surface area (Å²) in [4.78, 5) is 25.9. The number of fused-ring (bicyclic) bond motifs is 1. The van der Waals surface area contributed by atoms with Gasteiger partial charge in [0.15, 0.2) is 6.10 Å². The Bertz CT molecular complexity index is 851. The van der Waals surface area contributed by atoms with Crippen LogP contribution in [-0.2, 0) is 28.5 Å². The molecule has 4 unspecified atom stereocenters. The average molecular weight is 410 g/mol. The van der Waals surface area contributed by atoms with Gasteiger partial charge in [-0.3, -0.25) is 0 Å². The van der Waals surface area contributed by atoms with Gasteiger partial charge in [-0.1, -0.05) is 27.7 Å². The van der Waals surface area contributed by atoms with Crippen molar-refractivity contribution in [1.82, 2.24) is 0 Å². The van der Waals surface area contributed by atoms with E-state index in [1.165, 1.54) is 0 Å². The Hall–Kier alpha value is -1.26. The molecule has 6 fully saturated rings. The first-order chi connectivity index (χ1) is 13.4. The van der Waals surface area contributed by atoms with Gasteiger partial charge in [0.05, 0.1) is 29.6 Å².